The van der Waals surface area contributed by atoms with Crippen LogP contribution in [0.3, 0.4) is 0 Å². The van der Waals surface area contributed by atoms with Gasteiger partial charge in [0.2, 0.25) is 5.89 Å². The highest BCUT2D eigenvalue weighted by atomic mass is 35.5. The Balaban J connectivity index is 1.57. The number of halogens is 4. The van der Waals surface area contributed by atoms with Crippen molar-refractivity contribution in [2.45, 2.75) is 26.1 Å². The monoisotopic (exact) mass is 584 g/mol. The molecule has 1 atom stereocenters. The van der Waals surface area contributed by atoms with Crippen LogP contribution in [-0.4, -0.2) is 35.8 Å². The van der Waals surface area contributed by atoms with Crippen LogP contribution in [0.2, 0.25) is 5.15 Å². The number of aromatic nitrogens is 5. The topological polar surface area (TPSA) is 136 Å². The van der Waals surface area contributed by atoms with Gasteiger partial charge in [-0.15, -0.1) is 10.2 Å². The zero-order chi connectivity index (χ0) is 29.6. The van der Waals surface area contributed by atoms with Crippen LogP contribution in [0.5, 0.6) is 0 Å². The molecule has 2 aromatic carbocycles. The number of hydrogen-bond acceptors (Lipinski definition) is 8. The van der Waals surface area contributed by atoms with Crippen LogP contribution >= 0.6 is 11.6 Å². The minimum Gasteiger partial charge on any atom is -0.476 e. The number of hydrogen-bond donors (Lipinski definition) is 2. The van der Waals surface area contributed by atoms with Crippen molar-refractivity contribution >= 4 is 34.2 Å². The lowest BCUT2D eigenvalue weighted by molar-refractivity contribution is -0.156. The summed E-state index contributed by atoms with van der Waals surface area (Å²) in [5.74, 6) is -2.72. The van der Waals surface area contributed by atoms with E-state index >= 15 is 0 Å². The maximum Gasteiger partial charge on any atom is 0.470 e. The number of aromatic carboxylic acids is 1. The summed E-state index contributed by atoms with van der Waals surface area (Å²) in [5, 5.41) is 19.6. The number of pyridine rings is 1. The molecule has 0 amide bonds. The van der Waals surface area contributed by atoms with Gasteiger partial charge in [0.1, 0.15) is 11.0 Å². The third-order valence-corrected chi connectivity index (χ3v) is 6.52. The fourth-order valence-electron chi connectivity index (χ4n) is 4.38. The number of carboxylic acid groups (broad SMARTS) is 1. The lowest BCUT2D eigenvalue weighted by atomic mass is 10.0. The van der Waals surface area contributed by atoms with Crippen LogP contribution in [-0.2, 0) is 13.2 Å². The van der Waals surface area contributed by atoms with Gasteiger partial charge in [0.15, 0.2) is 5.69 Å². The van der Waals surface area contributed by atoms with Crippen molar-refractivity contribution in [3.05, 3.63) is 86.7 Å². The zero-order valence-electron chi connectivity index (χ0n) is 21.6. The van der Waals surface area contributed by atoms with E-state index in [2.05, 4.69) is 20.5 Å². The van der Waals surface area contributed by atoms with Crippen molar-refractivity contribution in [1.82, 2.24) is 24.7 Å². The molecule has 0 unspecified atom stereocenters. The van der Waals surface area contributed by atoms with Gasteiger partial charge in [0.05, 0.1) is 22.6 Å². The van der Waals surface area contributed by atoms with Crippen LogP contribution in [0, 0.1) is 6.92 Å². The van der Waals surface area contributed by atoms with E-state index in [0.717, 1.165) is 5.56 Å². The summed E-state index contributed by atoms with van der Waals surface area (Å²) in [4.78, 5) is 33.8. The lowest BCUT2D eigenvalue weighted by Crippen LogP contribution is -2.22. The van der Waals surface area contributed by atoms with E-state index in [0.29, 0.717) is 27.9 Å². The van der Waals surface area contributed by atoms with Gasteiger partial charge >= 0.3 is 18.0 Å². The molecule has 2 N–H and O–H groups in total. The van der Waals surface area contributed by atoms with Gasteiger partial charge < -0.3 is 14.8 Å². The van der Waals surface area contributed by atoms with Crippen LogP contribution in [0.25, 0.3) is 33.7 Å². The van der Waals surface area contributed by atoms with Crippen molar-refractivity contribution in [1.29, 1.82) is 0 Å². The minimum absolute atomic E-state index is 0.0299. The largest absolute Gasteiger partial charge is 0.476 e. The molecule has 5 rings (SSSR count). The Bertz CT molecular complexity index is 1870. The Kier molecular flexibility index (Phi) is 6.99. The van der Waals surface area contributed by atoms with Crippen molar-refractivity contribution in [3.63, 3.8) is 0 Å². The summed E-state index contributed by atoms with van der Waals surface area (Å²) in [7, 11) is 1.56. The highest BCUT2D eigenvalue weighted by Crippen LogP contribution is 2.32. The van der Waals surface area contributed by atoms with Gasteiger partial charge in [0.25, 0.3) is 5.56 Å². The molecule has 14 heteroatoms. The molecule has 0 saturated heterocycles. The van der Waals surface area contributed by atoms with Crippen molar-refractivity contribution in [2.24, 2.45) is 7.05 Å². The molecule has 41 heavy (non-hydrogen) atoms. The van der Waals surface area contributed by atoms with Gasteiger partial charge in [0, 0.05) is 23.7 Å². The van der Waals surface area contributed by atoms with Gasteiger partial charge in [-0.05, 0) is 49.7 Å². The molecule has 10 nitrogen and oxygen atoms in total. The normalized spacial score (nSPS) is 12.5. The summed E-state index contributed by atoms with van der Waals surface area (Å²) in [6, 6.07) is 12.2. The number of alkyl halides is 3. The molecule has 0 aliphatic heterocycles. The second-order valence-electron chi connectivity index (χ2n) is 9.24. The van der Waals surface area contributed by atoms with Gasteiger partial charge in [-0.3, -0.25) is 9.36 Å². The van der Waals surface area contributed by atoms with E-state index in [-0.39, 0.29) is 33.5 Å². The number of fused-ring (bicyclic) bond motifs is 1. The third kappa shape index (κ3) is 5.35. The molecule has 0 aliphatic carbocycles. The molecule has 0 radical (unpaired) electrons. The fraction of sp³-hybridized carbons (Fsp3) is 0.185. The van der Waals surface area contributed by atoms with Gasteiger partial charge in [-0.2, -0.15) is 13.2 Å². The summed E-state index contributed by atoms with van der Waals surface area (Å²) >= 11 is 5.88. The number of rotatable bonds is 6. The van der Waals surface area contributed by atoms with Crippen LogP contribution in [0.1, 0.15) is 40.5 Å². The molecule has 3 aromatic heterocycles. The quantitative estimate of drug-likeness (QED) is 0.234. The van der Waals surface area contributed by atoms with E-state index in [1.165, 1.54) is 28.8 Å². The average Bonchev–Trinajstić information content (AvgIpc) is 3.43. The average molecular weight is 585 g/mol. The number of benzene rings is 2. The van der Waals surface area contributed by atoms with Crippen molar-refractivity contribution in [2.75, 3.05) is 5.32 Å². The van der Waals surface area contributed by atoms with E-state index < -0.39 is 24.1 Å². The van der Waals surface area contributed by atoms with E-state index in [4.69, 9.17) is 21.0 Å². The number of aryl methyl sites for hydroxylation is 1. The first-order valence-corrected chi connectivity index (χ1v) is 12.4. The molecule has 0 saturated carbocycles. The first-order chi connectivity index (χ1) is 19.3. The minimum atomic E-state index is -4.76. The van der Waals surface area contributed by atoms with E-state index in [1.807, 2.05) is 13.0 Å². The van der Waals surface area contributed by atoms with Gasteiger partial charge in [-0.1, -0.05) is 29.8 Å². The molecule has 5 aromatic rings. The summed E-state index contributed by atoms with van der Waals surface area (Å²) in [5.41, 5.74) is 2.24. The van der Waals surface area contributed by atoms with Gasteiger partial charge in [-0.25, -0.2) is 14.8 Å². The number of carboxylic acids is 1. The molecule has 0 fully saturated rings. The Hall–Kier alpha value is -4.78. The number of nitrogens with zero attached hydrogens (tertiary/aromatic N) is 5. The first-order valence-electron chi connectivity index (χ1n) is 12.0. The highest BCUT2D eigenvalue weighted by molar-refractivity contribution is 6.29. The fourth-order valence-corrected chi connectivity index (χ4v) is 4.53. The predicted molar refractivity (Wildman–Crippen MR) is 144 cm³/mol. The second-order valence-corrected chi connectivity index (χ2v) is 9.63. The molecule has 0 spiro atoms. The maximum atomic E-state index is 13.4. The van der Waals surface area contributed by atoms with Crippen LogP contribution < -0.4 is 10.9 Å². The molecule has 0 aliphatic rings. The Labute approximate surface area is 234 Å². The number of nitrogens with one attached hydrogen (secondary N) is 1. The Morgan fingerprint density at radius 2 is 1.76 bits per heavy atom. The standard InChI is InChI=1S/C27H20ClF3N6O4/c1-12-10-16(13(2)32-18-8-9-19(28)33-21(18)25(39)40)20-17(11-12)24(38)37(3)22(34-20)14-4-6-15(7-5-14)23-35-36-26(41-23)27(29,30)31/h4-11,13,32H,1-3H3,(H,39,40)/t13-/m1/s1. The molecular formula is C27H20ClF3N6O4. The van der Waals surface area contributed by atoms with Crippen molar-refractivity contribution < 1.29 is 27.5 Å². The zero-order valence-corrected chi connectivity index (χ0v) is 22.4. The summed E-state index contributed by atoms with van der Waals surface area (Å²) in [6.07, 6.45) is -4.76. The van der Waals surface area contributed by atoms with E-state index in [1.54, 1.807) is 32.2 Å². The maximum absolute atomic E-state index is 13.4. The molecular weight excluding hydrogens is 565 g/mol. The van der Waals surface area contributed by atoms with E-state index in [9.17, 15) is 27.9 Å². The second kappa shape index (κ2) is 10.3. The summed E-state index contributed by atoms with van der Waals surface area (Å²) < 4.78 is 44.6. The first kappa shape index (κ1) is 27.8. The summed E-state index contributed by atoms with van der Waals surface area (Å²) in [6.45, 7) is 3.62. The third-order valence-electron chi connectivity index (χ3n) is 6.31. The van der Waals surface area contributed by atoms with Crippen LogP contribution in [0.4, 0.5) is 18.9 Å². The Morgan fingerprint density at radius 3 is 2.39 bits per heavy atom. The Morgan fingerprint density at radius 1 is 1.07 bits per heavy atom. The molecule has 210 valence electrons. The lowest BCUT2D eigenvalue weighted by Gasteiger charge is -2.20. The van der Waals surface area contributed by atoms with Crippen LogP contribution in [0.15, 0.2) is 57.7 Å². The highest BCUT2D eigenvalue weighted by Gasteiger charge is 2.38. The SMILES string of the molecule is Cc1cc([C@@H](C)Nc2ccc(Cl)nc2C(=O)O)c2nc(-c3ccc(-c4nnc(C(F)(F)F)o4)cc3)n(C)c(=O)c2c1. The smallest absolute Gasteiger partial charge is 0.470 e. The predicted octanol–water partition coefficient (Wildman–Crippen LogP) is 5.90. The van der Waals surface area contributed by atoms with Crippen molar-refractivity contribution in [3.8, 4) is 22.8 Å². The molecule has 0 bridgehead atoms. The number of carbonyl (C=O) groups is 1. The number of anilines is 1. The molecule has 3 heterocycles.